The van der Waals surface area contributed by atoms with E-state index in [0.29, 0.717) is 17.5 Å². The third-order valence-electron chi connectivity index (χ3n) is 4.64. The maximum absolute atomic E-state index is 14.7. The lowest BCUT2D eigenvalue weighted by molar-refractivity contribution is -0.158. The minimum absolute atomic E-state index is 0.119. The summed E-state index contributed by atoms with van der Waals surface area (Å²) in [5.74, 6) is -0.200. The van der Waals surface area contributed by atoms with Gasteiger partial charge in [-0.15, -0.1) is 0 Å². The van der Waals surface area contributed by atoms with Crippen molar-refractivity contribution in [3.05, 3.63) is 11.0 Å². The van der Waals surface area contributed by atoms with Crippen molar-refractivity contribution in [1.29, 1.82) is 0 Å². The van der Waals surface area contributed by atoms with E-state index >= 15 is 0 Å². The van der Waals surface area contributed by atoms with Crippen LogP contribution in [0, 0.1) is 5.92 Å². The normalized spacial score (nSPS) is 28.6. The van der Waals surface area contributed by atoms with Crippen LogP contribution in [0.1, 0.15) is 38.5 Å². The highest BCUT2D eigenvalue weighted by atomic mass is 28.3. The number of carbonyl (C=O) groups is 1. The van der Waals surface area contributed by atoms with Crippen molar-refractivity contribution < 1.29 is 18.7 Å². The summed E-state index contributed by atoms with van der Waals surface area (Å²) >= 11 is 0. The van der Waals surface area contributed by atoms with Gasteiger partial charge in [-0.25, -0.2) is 9.18 Å². The second-order valence-corrected chi connectivity index (χ2v) is 12.3. The van der Waals surface area contributed by atoms with Gasteiger partial charge in [0.15, 0.2) is 6.10 Å². The molecule has 0 aromatic carbocycles. The van der Waals surface area contributed by atoms with Crippen LogP contribution in [0.4, 0.5) is 4.39 Å². The van der Waals surface area contributed by atoms with Gasteiger partial charge in [-0.05, 0) is 24.0 Å². The molecule has 0 unspecified atom stereocenters. The molecule has 1 aliphatic carbocycles. The first-order valence-corrected chi connectivity index (χ1v) is 11.5. The van der Waals surface area contributed by atoms with E-state index < -0.39 is 20.1 Å². The van der Waals surface area contributed by atoms with Gasteiger partial charge in [0.1, 0.15) is 5.83 Å². The van der Waals surface area contributed by atoms with E-state index in [1.54, 1.807) is 0 Å². The van der Waals surface area contributed by atoms with E-state index in [9.17, 15) is 9.18 Å². The van der Waals surface area contributed by atoms with Gasteiger partial charge in [-0.3, -0.25) is 0 Å². The van der Waals surface area contributed by atoms with Crippen LogP contribution >= 0.6 is 0 Å². The van der Waals surface area contributed by atoms with E-state index in [4.69, 9.17) is 9.47 Å². The topological polar surface area (TPSA) is 35.5 Å². The maximum Gasteiger partial charge on any atom is 0.339 e. The predicted octanol–water partition coefficient (Wildman–Crippen LogP) is 4.00. The molecule has 1 fully saturated rings. The van der Waals surface area contributed by atoms with Crippen molar-refractivity contribution in [2.45, 2.75) is 70.4 Å². The molecule has 2 atom stereocenters. The van der Waals surface area contributed by atoms with E-state index in [2.05, 4.69) is 0 Å². The number of carbonyl (C=O) groups excluding carboxylic acids is 1. The van der Waals surface area contributed by atoms with Gasteiger partial charge < -0.3 is 9.47 Å². The average molecular weight is 314 g/mol. The Balaban J connectivity index is 2.26. The van der Waals surface area contributed by atoms with Gasteiger partial charge in [0.2, 0.25) is 0 Å². The second-order valence-electron chi connectivity index (χ2n) is 7.25. The zero-order valence-electron chi connectivity index (χ0n) is 13.6. The smallest absolute Gasteiger partial charge is 0.339 e. The Bertz CT molecular complexity index is 422. The summed E-state index contributed by atoms with van der Waals surface area (Å²) in [6.45, 7) is 6.13. The quantitative estimate of drug-likeness (QED) is 0.583. The fourth-order valence-corrected chi connectivity index (χ4v) is 5.47. The molecule has 1 saturated carbocycles. The van der Waals surface area contributed by atoms with Crippen LogP contribution in [-0.2, 0) is 14.3 Å². The molecule has 0 aromatic rings. The molecule has 0 aromatic heterocycles. The molecule has 21 heavy (non-hydrogen) atoms. The molecule has 0 radical (unpaired) electrons. The first-order valence-electron chi connectivity index (χ1n) is 7.97. The monoisotopic (exact) mass is 314 g/mol. The van der Waals surface area contributed by atoms with Crippen LogP contribution in [0.3, 0.4) is 0 Å². The van der Waals surface area contributed by atoms with Gasteiger partial charge in [0, 0.05) is 6.42 Å². The third-order valence-corrected chi connectivity index (χ3v) is 6.79. The van der Waals surface area contributed by atoms with Crippen LogP contribution in [0.25, 0.3) is 0 Å². The molecule has 1 heterocycles. The fraction of sp³-hybridized carbons (Fsp3) is 0.812. The summed E-state index contributed by atoms with van der Waals surface area (Å²) < 4.78 is 25.6. The molecule has 1 aliphatic heterocycles. The highest BCUT2D eigenvalue weighted by Gasteiger charge is 2.43. The number of rotatable bonds is 3. The number of ether oxygens (including phenoxy) is 2. The molecule has 0 saturated heterocycles. The minimum atomic E-state index is -1.96. The van der Waals surface area contributed by atoms with Crippen molar-refractivity contribution in [2.75, 3.05) is 7.11 Å². The van der Waals surface area contributed by atoms with Crippen molar-refractivity contribution in [2.24, 2.45) is 5.92 Å². The molecule has 5 heteroatoms. The highest BCUT2D eigenvalue weighted by Crippen LogP contribution is 2.39. The van der Waals surface area contributed by atoms with Crippen LogP contribution in [-0.4, -0.2) is 33.4 Å². The van der Waals surface area contributed by atoms with Gasteiger partial charge in [0.05, 0.1) is 21.3 Å². The van der Waals surface area contributed by atoms with Crippen molar-refractivity contribution >= 4 is 14.0 Å². The standard InChI is InChI=1S/C16H27FO3Si/c1-19-16(18)14-15(21(2,3)4)12(17)10-13(20-14)11-8-6-5-7-9-11/h11,13-14H,5-10H2,1-4H3/t13-,14-/m0/s1. The molecule has 120 valence electrons. The van der Waals surface area contributed by atoms with Crippen molar-refractivity contribution in [1.82, 2.24) is 0 Å². The fourth-order valence-electron chi connectivity index (χ4n) is 3.58. The van der Waals surface area contributed by atoms with E-state index in [0.717, 1.165) is 12.8 Å². The summed E-state index contributed by atoms with van der Waals surface area (Å²) in [7, 11) is -0.619. The van der Waals surface area contributed by atoms with Gasteiger partial charge in [-0.2, -0.15) is 0 Å². The van der Waals surface area contributed by atoms with Crippen LogP contribution in [0.2, 0.25) is 19.6 Å². The average Bonchev–Trinajstić information content (AvgIpc) is 2.45. The Morgan fingerprint density at radius 1 is 1.24 bits per heavy atom. The molecule has 2 aliphatic rings. The summed E-state index contributed by atoms with van der Waals surface area (Å²) in [4.78, 5) is 12.1. The molecule has 0 bridgehead atoms. The minimum Gasteiger partial charge on any atom is -0.467 e. The number of hydrogen-bond acceptors (Lipinski definition) is 3. The Morgan fingerprint density at radius 3 is 2.38 bits per heavy atom. The largest absolute Gasteiger partial charge is 0.467 e. The Morgan fingerprint density at radius 2 is 1.86 bits per heavy atom. The van der Waals surface area contributed by atoms with Crippen LogP contribution in [0.5, 0.6) is 0 Å². The molecule has 0 spiro atoms. The number of esters is 1. The van der Waals surface area contributed by atoms with Crippen LogP contribution in [0.15, 0.2) is 11.0 Å². The van der Waals surface area contributed by atoms with E-state index in [1.807, 2.05) is 19.6 Å². The molecule has 0 amide bonds. The van der Waals surface area contributed by atoms with Crippen LogP contribution < -0.4 is 0 Å². The van der Waals surface area contributed by atoms with E-state index in [-0.39, 0.29) is 11.9 Å². The summed E-state index contributed by atoms with van der Waals surface area (Å²) in [6, 6.07) is 0. The predicted molar refractivity (Wildman–Crippen MR) is 83.3 cm³/mol. The molecular weight excluding hydrogens is 287 g/mol. The number of methoxy groups -OCH3 is 1. The zero-order valence-corrected chi connectivity index (χ0v) is 14.6. The maximum atomic E-state index is 14.7. The zero-order chi connectivity index (χ0) is 15.6. The number of hydrogen-bond donors (Lipinski definition) is 0. The Kier molecular flexibility index (Phi) is 5.25. The summed E-state index contributed by atoms with van der Waals surface area (Å²) in [5.41, 5.74) is 0. The lowest BCUT2D eigenvalue weighted by atomic mass is 9.83. The summed E-state index contributed by atoms with van der Waals surface area (Å²) in [5, 5.41) is 0.585. The Hall–Kier alpha value is -0.683. The van der Waals surface area contributed by atoms with Gasteiger partial charge >= 0.3 is 5.97 Å². The van der Waals surface area contributed by atoms with Gasteiger partial charge in [-0.1, -0.05) is 38.9 Å². The van der Waals surface area contributed by atoms with Crippen molar-refractivity contribution in [3.8, 4) is 0 Å². The highest BCUT2D eigenvalue weighted by molar-refractivity contribution is 6.83. The molecule has 0 N–H and O–H groups in total. The lowest BCUT2D eigenvalue weighted by Crippen LogP contribution is -2.46. The third kappa shape index (κ3) is 3.75. The molecular formula is C16H27FO3Si. The SMILES string of the molecule is COC(=O)[C@H]1O[C@H](C2CCCCC2)CC(F)=C1[Si](C)(C)C. The lowest BCUT2D eigenvalue weighted by Gasteiger charge is -2.39. The first kappa shape index (κ1) is 16.7. The van der Waals surface area contributed by atoms with E-state index in [1.165, 1.54) is 26.4 Å². The molecule has 3 nitrogen and oxygen atoms in total. The Labute approximate surface area is 127 Å². The van der Waals surface area contributed by atoms with Gasteiger partial charge in [0.25, 0.3) is 0 Å². The number of halogens is 1. The van der Waals surface area contributed by atoms with Crippen molar-refractivity contribution in [3.63, 3.8) is 0 Å². The second kappa shape index (κ2) is 6.61. The summed E-state index contributed by atoms with van der Waals surface area (Å²) in [6.07, 6.45) is 5.10. The molecule has 2 rings (SSSR count). The first-order chi connectivity index (χ1) is 9.84.